The lowest BCUT2D eigenvalue weighted by Gasteiger charge is -2.09. The molecule has 0 unspecified atom stereocenters. The number of aromatic nitrogens is 2. The Kier molecular flexibility index (Phi) is 4.28. The van der Waals surface area contributed by atoms with Crippen molar-refractivity contribution in [1.82, 2.24) is 9.55 Å². The highest BCUT2D eigenvalue weighted by molar-refractivity contribution is 5.84. The van der Waals surface area contributed by atoms with Crippen molar-refractivity contribution in [3.8, 4) is 11.5 Å². The van der Waals surface area contributed by atoms with Crippen LogP contribution < -0.4 is 4.74 Å². The lowest BCUT2D eigenvalue weighted by atomic mass is 10.2. The number of imidazole rings is 1. The van der Waals surface area contributed by atoms with Crippen molar-refractivity contribution >= 4 is 11.0 Å². The molecule has 0 aliphatic carbocycles. The van der Waals surface area contributed by atoms with Crippen LogP contribution >= 0.6 is 0 Å². The highest BCUT2D eigenvalue weighted by atomic mass is 16.5. The number of unbranched alkanes of at least 4 members (excludes halogenated alkanes) is 1. The van der Waals surface area contributed by atoms with Gasteiger partial charge in [0.25, 0.3) is 0 Å². The number of aromatic hydroxyl groups is 1. The van der Waals surface area contributed by atoms with Crippen molar-refractivity contribution in [2.45, 2.75) is 26.3 Å². The number of benzene rings is 2. The number of rotatable bonds is 6. The van der Waals surface area contributed by atoms with E-state index in [-0.39, 0.29) is 5.75 Å². The number of hydrogen-bond donors (Lipinski definition) is 1. The fourth-order valence-electron chi connectivity index (χ4n) is 2.45. The summed E-state index contributed by atoms with van der Waals surface area (Å²) >= 11 is 0. The van der Waals surface area contributed by atoms with Gasteiger partial charge in [-0.25, -0.2) is 4.98 Å². The second-order valence-corrected chi connectivity index (χ2v) is 5.34. The summed E-state index contributed by atoms with van der Waals surface area (Å²) in [6, 6.07) is 14.0. The van der Waals surface area contributed by atoms with Gasteiger partial charge in [0.2, 0.25) is 0 Å². The van der Waals surface area contributed by atoms with E-state index in [1.165, 1.54) is 5.56 Å². The number of phenolic OH excluding ortho intramolecular Hbond substituents is 1. The van der Waals surface area contributed by atoms with Crippen LogP contribution in [0.15, 0.2) is 48.8 Å². The molecule has 0 aliphatic rings. The molecule has 114 valence electrons. The molecule has 3 rings (SSSR count). The van der Waals surface area contributed by atoms with Crippen molar-refractivity contribution in [2.75, 3.05) is 6.61 Å². The monoisotopic (exact) mass is 296 g/mol. The predicted octanol–water partition coefficient (Wildman–Crippen LogP) is 3.97. The first-order valence-electron chi connectivity index (χ1n) is 7.63. The van der Waals surface area contributed by atoms with Crippen LogP contribution in [0.2, 0.25) is 0 Å². The van der Waals surface area contributed by atoms with E-state index in [4.69, 9.17) is 4.74 Å². The number of nitrogens with zero attached hydrogens (tertiary/aromatic N) is 2. The maximum absolute atomic E-state index is 10.3. The summed E-state index contributed by atoms with van der Waals surface area (Å²) in [6.07, 6.45) is 3.79. The van der Waals surface area contributed by atoms with Gasteiger partial charge >= 0.3 is 0 Å². The van der Waals surface area contributed by atoms with Gasteiger partial charge in [-0.05, 0) is 24.1 Å². The van der Waals surface area contributed by atoms with Crippen LogP contribution in [0.1, 0.15) is 25.3 Å². The second kappa shape index (κ2) is 6.52. The van der Waals surface area contributed by atoms with E-state index < -0.39 is 0 Å². The predicted molar refractivity (Wildman–Crippen MR) is 87.3 cm³/mol. The van der Waals surface area contributed by atoms with Gasteiger partial charge in [0, 0.05) is 6.54 Å². The molecule has 0 radical (unpaired) electrons. The Hall–Kier alpha value is -2.49. The molecule has 0 aliphatic heterocycles. The minimum atomic E-state index is 0.125. The fraction of sp³-hybridized carbons (Fsp3) is 0.278. The van der Waals surface area contributed by atoms with E-state index in [1.807, 2.05) is 34.9 Å². The van der Waals surface area contributed by atoms with Crippen molar-refractivity contribution in [3.05, 3.63) is 54.4 Å². The standard InChI is InChI=1S/C18H20N2O2/c1-2-3-11-22-16-10-9-15-17(18(16)21)19-13-20(15)12-14-7-5-4-6-8-14/h4-10,13,21H,2-3,11-12H2,1H3. The molecule has 1 aromatic heterocycles. The van der Waals surface area contributed by atoms with Gasteiger partial charge in [0.1, 0.15) is 5.52 Å². The van der Waals surface area contributed by atoms with E-state index in [0.29, 0.717) is 17.9 Å². The topological polar surface area (TPSA) is 47.3 Å². The summed E-state index contributed by atoms with van der Waals surface area (Å²) in [4.78, 5) is 4.34. The normalized spacial score (nSPS) is 11.0. The average molecular weight is 296 g/mol. The molecule has 1 N–H and O–H groups in total. The van der Waals surface area contributed by atoms with Gasteiger partial charge in [-0.15, -0.1) is 0 Å². The third kappa shape index (κ3) is 2.91. The highest BCUT2D eigenvalue weighted by Crippen LogP contribution is 2.33. The lowest BCUT2D eigenvalue weighted by Crippen LogP contribution is -1.99. The van der Waals surface area contributed by atoms with Gasteiger partial charge in [0.05, 0.1) is 18.5 Å². The Morgan fingerprint density at radius 1 is 1.14 bits per heavy atom. The molecular weight excluding hydrogens is 276 g/mol. The molecule has 0 atom stereocenters. The molecule has 1 heterocycles. The zero-order valence-corrected chi connectivity index (χ0v) is 12.7. The van der Waals surface area contributed by atoms with Crippen molar-refractivity contribution in [3.63, 3.8) is 0 Å². The van der Waals surface area contributed by atoms with Crippen molar-refractivity contribution in [2.24, 2.45) is 0 Å². The second-order valence-electron chi connectivity index (χ2n) is 5.34. The zero-order valence-electron chi connectivity index (χ0n) is 12.7. The van der Waals surface area contributed by atoms with Crippen LogP contribution in [0.5, 0.6) is 11.5 Å². The number of hydrogen-bond acceptors (Lipinski definition) is 3. The molecule has 0 saturated carbocycles. The minimum Gasteiger partial charge on any atom is -0.503 e. The van der Waals surface area contributed by atoms with Crippen LogP contribution in [0.4, 0.5) is 0 Å². The Bertz CT molecular complexity index is 750. The van der Waals surface area contributed by atoms with E-state index in [1.54, 1.807) is 6.33 Å². The lowest BCUT2D eigenvalue weighted by molar-refractivity contribution is 0.294. The first kappa shape index (κ1) is 14.4. The maximum Gasteiger partial charge on any atom is 0.186 e. The van der Waals surface area contributed by atoms with Crippen LogP contribution in [0, 0.1) is 0 Å². The molecule has 3 aromatic rings. The Balaban J connectivity index is 1.87. The Labute approximate surface area is 130 Å². The first-order chi connectivity index (χ1) is 10.8. The fourth-order valence-corrected chi connectivity index (χ4v) is 2.45. The molecule has 22 heavy (non-hydrogen) atoms. The van der Waals surface area contributed by atoms with E-state index in [9.17, 15) is 5.11 Å². The molecule has 0 amide bonds. The van der Waals surface area contributed by atoms with Crippen LogP contribution in [0.3, 0.4) is 0 Å². The minimum absolute atomic E-state index is 0.125. The van der Waals surface area contributed by atoms with E-state index >= 15 is 0 Å². The zero-order chi connectivity index (χ0) is 15.4. The van der Waals surface area contributed by atoms with Crippen molar-refractivity contribution < 1.29 is 9.84 Å². The Morgan fingerprint density at radius 2 is 1.95 bits per heavy atom. The van der Waals surface area contributed by atoms with Gasteiger partial charge < -0.3 is 14.4 Å². The molecular formula is C18H20N2O2. The third-order valence-corrected chi connectivity index (χ3v) is 3.68. The third-order valence-electron chi connectivity index (χ3n) is 3.68. The highest BCUT2D eigenvalue weighted by Gasteiger charge is 2.12. The van der Waals surface area contributed by atoms with Gasteiger partial charge in [0.15, 0.2) is 11.5 Å². The molecule has 4 nitrogen and oxygen atoms in total. The quantitative estimate of drug-likeness (QED) is 0.700. The largest absolute Gasteiger partial charge is 0.503 e. The van der Waals surface area contributed by atoms with E-state index in [0.717, 1.165) is 24.9 Å². The van der Waals surface area contributed by atoms with Gasteiger partial charge in [-0.3, -0.25) is 0 Å². The summed E-state index contributed by atoms with van der Waals surface area (Å²) in [5.74, 6) is 0.631. The number of ether oxygens (including phenoxy) is 1. The van der Waals surface area contributed by atoms with Gasteiger partial charge in [-0.2, -0.15) is 0 Å². The van der Waals surface area contributed by atoms with Crippen LogP contribution in [-0.4, -0.2) is 21.3 Å². The summed E-state index contributed by atoms with van der Waals surface area (Å²) < 4.78 is 7.64. The summed E-state index contributed by atoms with van der Waals surface area (Å²) in [5, 5.41) is 10.3. The summed E-state index contributed by atoms with van der Waals surface area (Å²) in [6.45, 7) is 3.45. The number of phenols is 1. The molecule has 2 aromatic carbocycles. The smallest absolute Gasteiger partial charge is 0.186 e. The molecule has 0 fully saturated rings. The Morgan fingerprint density at radius 3 is 2.73 bits per heavy atom. The first-order valence-corrected chi connectivity index (χ1v) is 7.63. The molecule has 4 heteroatoms. The molecule has 0 spiro atoms. The van der Waals surface area contributed by atoms with Crippen LogP contribution in [-0.2, 0) is 6.54 Å². The van der Waals surface area contributed by atoms with E-state index in [2.05, 4.69) is 24.0 Å². The summed E-state index contributed by atoms with van der Waals surface area (Å²) in [5.41, 5.74) is 2.69. The number of fused-ring (bicyclic) bond motifs is 1. The average Bonchev–Trinajstić information content (AvgIpc) is 2.95. The van der Waals surface area contributed by atoms with Crippen molar-refractivity contribution in [1.29, 1.82) is 0 Å². The summed E-state index contributed by atoms with van der Waals surface area (Å²) in [7, 11) is 0. The van der Waals surface area contributed by atoms with Crippen LogP contribution in [0.25, 0.3) is 11.0 Å². The van der Waals surface area contributed by atoms with Gasteiger partial charge in [-0.1, -0.05) is 43.7 Å². The maximum atomic E-state index is 10.3. The molecule has 0 saturated heterocycles. The molecule has 0 bridgehead atoms. The SMILES string of the molecule is CCCCOc1ccc2c(ncn2Cc2ccccc2)c1O.